The number of benzene rings is 1. The number of rotatable bonds is 2. The second-order valence-corrected chi connectivity index (χ2v) is 4.07. The Morgan fingerprint density at radius 3 is 2.50 bits per heavy atom. The van der Waals surface area contributed by atoms with Crippen molar-refractivity contribution in [2.45, 2.75) is 24.5 Å². The highest BCUT2D eigenvalue weighted by Gasteiger charge is 2.02. The normalized spacial score (nSPS) is 10.3. The minimum absolute atomic E-state index is 0.834. The molecule has 0 aliphatic carbocycles. The van der Waals surface area contributed by atoms with E-state index in [1.54, 1.807) is 11.8 Å². The Balaban J connectivity index is 3.22. The summed E-state index contributed by atoms with van der Waals surface area (Å²) in [5, 5.41) is 0. The van der Waals surface area contributed by atoms with E-state index in [1.165, 1.54) is 21.6 Å². The van der Waals surface area contributed by atoms with Crippen LogP contribution < -0.4 is 0 Å². The fourth-order valence-electron chi connectivity index (χ4n) is 1.27. The van der Waals surface area contributed by atoms with Crippen LogP contribution in [0.15, 0.2) is 17.0 Å². The maximum absolute atomic E-state index is 4.30. The van der Waals surface area contributed by atoms with Crippen LogP contribution in [-0.4, -0.2) is 6.26 Å². The van der Waals surface area contributed by atoms with E-state index in [1.807, 2.05) is 0 Å². The fourth-order valence-corrected chi connectivity index (χ4v) is 2.34. The molecular formula is C10H14S2. The number of hydrogen-bond donors (Lipinski definition) is 1. The number of thioether (sulfide) groups is 1. The maximum Gasteiger partial charge on any atom is 0.0157 e. The third kappa shape index (κ3) is 1.99. The molecule has 0 aliphatic heterocycles. The van der Waals surface area contributed by atoms with Crippen LogP contribution in [0.4, 0.5) is 0 Å². The Bertz CT molecular complexity index is 254. The predicted octanol–water partition coefficient (Wildman–Crippen LogP) is 3.46. The standard InChI is InChI=1S/C10H14S2/c1-7-4-9(6-11)8(2)10(5-7)12-3/h4-5,11H,6H2,1-3H3. The van der Waals surface area contributed by atoms with E-state index < -0.39 is 0 Å². The minimum Gasteiger partial charge on any atom is -0.175 e. The first kappa shape index (κ1) is 10.0. The first-order valence-corrected chi connectivity index (χ1v) is 5.79. The van der Waals surface area contributed by atoms with Crippen LogP contribution in [0.25, 0.3) is 0 Å². The largest absolute Gasteiger partial charge is 0.175 e. The van der Waals surface area contributed by atoms with Crippen molar-refractivity contribution >= 4 is 24.4 Å². The summed E-state index contributed by atoms with van der Waals surface area (Å²) in [7, 11) is 0. The monoisotopic (exact) mass is 198 g/mol. The third-order valence-electron chi connectivity index (χ3n) is 2.00. The molecule has 0 nitrogen and oxygen atoms in total. The van der Waals surface area contributed by atoms with E-state index in [2.05, 4.69) is 44.9 Å². The highest BCUT2D eigenvalue weighted by atomic mass is 32.2. The average Bonchev–Trinajstić information content (AvgIpc) is 2.08. The molecule has 0 atom stereocenters. The van der Waals surface area contributed by atoms with E-state index in [-0.39, 0.29) is 0 Å². The first-order chi connectivity index (χ1) is 5.69. The molecule has 0 N–H and O–H groups in total. The van der Waals surface area contributed by atoms with E-state index in [0.29, 0.717) is 0 Å². The lowest BCUT2D eigenvalue weighted by Gasteiger charge is -2.09. The average molecular weight is 198 g/mol. The van der Waals surface area contributed by atoms with Gasteiger partial charge in [-0.3, -0.25) is 0 Å². The molecule has 0 bridgehead atoms. The third-order valence-corrected chi connectivity index (χ3v) is 3.21. The second-order valence-electron chi connectivity index (χ2n) is 2.91. The smallest absolute Gasteiger partial charge is 0.0157 e. The molecule has 0 unspecified atom stereocenters. The van der Waals surface area contributed by atoms with Gasteiger partial charge in [-0.1, -0.05) is 6.07 Å². The highest BCUT2D eigenvalue weighted by Crippen LogP contribution is 2.25. The van der Waals surface area contributed by atoms with Crippen LogP contribution in [-0.2, 0) is 5.75 Å². The van der Waals surface area contributed by atoms with Crippen molar-refractivity contribution in [2.75, 3.05) is 6.26 Å². The summed E-state index contributed by atoms with van der Waals surface area (Å²) >= 11 is 6.11. The first-order valence-electron chi connectivity index (χ1n) is 3.94. The summed E-state index contributed by atoms with van der Waals surface area (Å²) in [5.74, 6) is 0.834. The zero-order valence-corrected chi connectivity index (χ0v) is 9.43. The fraction of sp³-hybridized carbons (Fsp3) is 0.400. The van der Waals surface area contributed by atoms with Gasteiger partial charge in [-0.25, -0.2) is 0 Å². The lowest BCUT2D eigenvalue weighted by atomic mass is 10.1. The van der Waals surface area contributed by atoms with Gasteiger partial charge in [-0.15, -0.1) is 11.8 Å². The Morgan fingerprint density at radius 1 is 1.33 bits per heavy atom. The summed E-state index contributed by atoms with van der Waals surface area (Å²) in [6.07, 6.45) is 2.12. The van der Waals surface area contributed by atoms with Crippen LogP contribution in [0.3, 0.4) is 0 Å². The highest BCUT2D eigenvalue weighted by molar-refractivity contribution is 7.98. The summed E-state index contributed by atoms with van der Waals surface area (Å²) in [5.41, 5.74) is 4.06. The van der Waals surface area contributed by atoms with E-state index in [4.69, 9.17) is 0 Å². The summed E-state index contributed by atoms with van der Waals surface area (Å²) in [4.78, 5) is 1.37. The van der Waals surface area contributed by atoms with E-state index in [0.717, 1.165) is 5.75 Å². The van der Waals surface area contributed by atoms with Crippen LogP contribution in [0.2, 0.25) is 0 Å². The summed E-state index contributed by atoms with van der Waals surface area (Å²) in [6, 6.07) is 4.44. The van der Waals surface area contributed by atoms with E-state index in [9.17, 15) is 0 Å². The minimum atomic E-state index is 0.834. The zero-order chi connectivity index (χ0) is 9.14. The predicted molar refractivity (Wildman–Crippen MR) is 60.4 cm³/mol. The molecule has 1 rings (SSSR count). The molecule has 0 amide bonds. The lowest BCUT2D eigenvalue weighted by Crippen LogP contribution is -1.89. The summed E-state index contributed by atoms with van der Waals surface area (Å²) < 4.78 is 0. The van der Waals surface area contributed by atoms with Crippen LogP contribution in [0.5, 0.6) is 0 Å². The molecule has 0 saturated heterocycles. The molecule has 1 aromatic rings. The topological polar surface area (TPSA) is 0 Å². The Labute approximate surface area is 84.2 Å². The number of thiol groups is 1. The van der Waals surface area contributed by atoms with Gasteiger partial charge in [-0.05, 0) is 42.9 Å². The Kier molecular flexibility index (Phi) is 3.53. The molecule has 0 spiro atoms. The quantitative estimate of drug-likeness (QED) is 0.561. The van der Waals surface area contributed by atoms with Gasteiger partial charge in [0.1, 0.15) is 0 Å². The van der Waals surface area contributed by atoms with Crippen LogP contribution >= 0.6 is 24.4 Å². The SMILES string of the molecule is CSc1cc(C)cc(CS)c1C. The number of hydrogen-bond acceptors (Lipinski definition) is 2. The molecule has 0 saturated carbocycles. The van der Waals surface area contributed by atoms with Crippen LogP contribution in [0, 0.1) is 13.8 Å². The van der Waals surface area contributed by atoms with Crippen molar-refractivity contribution in [3.05, 3.63) is 28.8 Å². The van der Waals surface area contributed by atoms with Gasteiger partial charge in [-0.2, -0.15) is 12.6 Å². The molecule has 0 aromatic heterocycles. The molecule has 66 valence electrons. The molecule has 0 radical (unpaired) electrons. The van der Waals surface area contributed by atoms with Gasteiger partial charge in [0.05, 0.1) is 0 Å². The van der Waals surface area contributed by atoms with Crippen LogP contribution in [0.1, 0.15) is 16.7 Å². The molecule has 0 fully saturated rings. The summed E-state index contributed by atoms with van der Waals surface area (Å²) in [6.45, 7) is 4.29. The molecule has 2 heteroatoms. The van der Waals surface area contributed by atoms with Gasteiger partial charge in [0.15, 0.2) is 0 Å². The zero-order valence-electron chi connectivity index (χ0n) is 7.72. The van der Waals surface area contributed by atoms with Gasteiger partial charge in [0.2, 0.25) is 0 Å². The molecular weight excluding hydrogens is 184 g/mol. The van der Waals surface area contributed by atoms with Crippen molar-refractivity contribution in [2.24, 2.45) is 0 Å². The van der Waals surface area contributed by atoms with Crippen molar-refractivity contribution in [3.8, 4) is 0 Å². The Hall–Kier alpha value is -0.0800. The second kappa shape index (κ2) is 4.24. The molecule has 12 heavy (non-hydrogen) atoms. The Morgan fingerprint density at radius 2 is 2.00 bits per heavy atom. The van der Waals surface area contributed by atoms with Crippen molar-refractivity contribution < 1.29 is 0 Å². The van der Waals surface area contributed by atoms with Crippen molar-refractivity contribution in [1.82, 2.24) is 0 Å². The molecule has 0 heterocycles. The van der Waals surface area contributed by atoms with Gasteiger partial charge in [0, 0.05) is 10.6 Å². The van der Waals surface area contributed by atoms with Gasteiger partial charge < -0.3 is 0 Å². The lowest BCUT2D eigenvalue weighted by molar-refractivity contribution is 1.19. The van der Waals surface area contributed by atoms with Gasteiger partial charge in [0.25, 0.3) is 0 Å². The molecule has 0 aliphatic rings. The molecule has 1 aromatic carbocycles. The maximum atomic E-state index is 4.30. The van der Waals surface area contributed by atoms with Crippen molar-refractivity contribution in [1.29, 1.82) is 0 Å². The van der Waals surface area contributed by atoms with Crippen molar-refractivity contribution in [3.63, 3.8) is 0 Å². The van der Waals surface area contributed by atoms with E-state index >= 15 is 0 Å². The van der Waals surface area contributed by atoms with Gasteiger partial charge >= 0.3 is 0 Å². The number of aryl methyl sites for hydroxylation is 1.